The van der Waals surface area contributed by atoms with E-state index in [2.05, 4.69) is 18.8 Å². The molecular formula is C14H24N2O2. The fourth-order valence-electron chi connectivity index (χ4n) is 2.09. The van der Waals surface area contributed by atoms with Gasteiger partial charge in [0.25, 0.3) is 0 Å². The predicted molar refractivity (Wildman–Crippen MR) is 72.0 cm³/mol. The lowest BCUT2D eigenvalue weighted by Gasteiger charge is -2.35. The van der Waals surface area contributed by atoms with Crippen molar-refractivity contribution in [1.29, 1.82) is 0 Å². The molecule has 0 aromatic heterocycles. The fraction of sp³-hybridized carbons (Fsp3) is 0.714. The van der Waals surface area contributed by atoms with Gasteiger partial charge in [0.05, 0.1) is 0 Å². The molecule has 0 aliphatic carbocycles. The molecule has 0 radical (unpaired) electrons. The molecule has 1 heterocycles. The average Bonchev–Trinajstić information content (AvgIpc) is 2.35. The summed E-state index contributed by atoms with van der Waals surface area (Å²) in [6, 6.07) is 0. The Morgan fingerprint density at radius 3 is 2.44 bits per heavy atom. The van der Waals surface area contributed by atoms with Gasteiger partial charge in [-0.1, -0.05) is 13.0 Å². The van der Waals surface area contributed by atoms with Gasteiger partial charge >= 0.3 is 0 Å². The largest absolute Gasteiger partial charge is 0.352 e. The Morgan fingerprint density at radius 2 is 1.94 bits per heavy atom. The van der Waals surface area contributed by atoms with Crippen LogP contribution >= 0.6 is 0 Å². The standard InChI is InChI=1S/C14H24N2O2/c1-5-8-15-12(17)14(3,4)13(18)16-9-6-11(2)7-10-16/h5,11H,1,6-10H2,2-4H3,(H,15,17). The van der Waals surface area contributed by atoms with Crippen LogP contribution in [-0.2, 0) is 9.59 Å². The maximum atomic E-state index is 12.4. The van der Waals surface area contributed by atoms with E-state index < -0.39 is 5.41 Å². The first-order valence-electron chi connectivity index (χ1n) is 6.58. The van der Waals surface area contributed by atoms with Gasteiger partial charge in [0.2, 0.25) is 11.8 Å². The Kier molecular flexibility index (Phi) is 4.93. The van der Waals surface area contributed by atoms with E-state index in [0.717, 1.165) is 25.9 Å². The second kappa shape index (κ2) is 6.03. The number of nitrogens with one attached hydrogen (secondary N) is 1. The zero-order chi connectivity index (χ0) is 13.8. The maximum Gasteiger partial charge on any atom is 0.237 e. The molecule has 1 N–H and O–H groups in total. The van der Waals surface area contributed by atoms with Crippen LogP contribution in [0.2, 0.25) is 0 Å². The number of amides is 2. The first-order valence-corrected chi connectivity index (χ1v) is 6.58. The van der Waals surface area contributed by atoms with Crippen molar-refractivity contribution >= 4 is 11.8 Å². The van der Waals surface area contributed by atoms with Crippen LogP contribution < -0.4 is 5.32 Å². The number of nitrogens with zero attached hydrogens (tertiary/aromatic N) is 1. The van der Waals surface area contributed by atoms with E-state index in [-0.39, 0.29) is 11.8 Å². The normalized spacial score (nSPS) is 17.4. The van der Waals surface area contributed by atoms with Gasteiger partial charge in [-0.05, 0) is 32.6 Å². The number of rotatable bonds is 4. The topological polar surface area (TPSA) is 49.4 Å². The van der Waals surface area contributed by atoms with Crippen LogP contribution in [0.15, 0.2) is 12.7 Å². The Morgan fingerprint density at radius 1 is 1.39 bits per heavy atom. The minimum atomic E-state index is -0.996. The van der Waals surface area contributed by atoms with Crippen molar-refractivity contribution in [3.8, 4) is 0 Å². The Bertz CT molecular complexity index is 329. The van der Waals surface area contributed by atoms with Gasteiger partial charge in [0, 0.05) is 19.6 Å². The summed E-state index contributed by atoms with van der Waals surface area (Å²) >= 11 is 0. The van der Waals surface area contributed by atoms with Crippen LogP contribution in [0.5, 0.6) is 0 Å². The molecule has 4 nitrogen and oxygen atoms in total. The van der Waals surface area contributed by atoms with E-state index in [1.165, 1.54) is 0 Å². The van der Waals surface area contributed by atoms with Crippen molar-refractivity contribution in [3.63, 3.8) is 0 Å². The highest BCUT2D eigenvalue weighted by Crippen LogP contribution is 2.24. The molecule has 4 heteroatoms. The van der Waals surface area contributed by atoms with Crippen LogP contribution in [0.4, 0.5) is 0 Å². The number of likely N-dealkylation sites (tertiary alicyclic amines) is 1. The summed E-state index contributed by atoms with van der Waals surface area (Å²) in [5, 5.41) is 2.70. The van der Waals surface area contributed by atoms with E-state index in [1.807, 2.05) is 4.90 Å². The van der Waals surface area contributed by atoms with E-state index in [9.17, 15) is 9.59 Å². The van der Waals surface area contributed by atoms with Gasteiger partial charge in [0.15, 0.2) is 0 Å². The molecule has 0 aromatic rings. The molecule has 2 amide bonds. The van der Waals surface area contributed by atoms with Gasteiger partial charge in [-0.15, -0.1) is 6.58 Å². The van der Waals surface area contributed by atoms with Gasteiger partial charge in [-0.2, -0.15) is 0 Å². The molecule has 1 rings (SSSR count). The predicted octanol–water partition coefficient (Wildman–Crippen LogP) is 1.57. The third kappa shape index (κ3) is 3.34. The van der Waals surface area contributed by atoms with E-state index in [1.54, 1.807) is 19.9 Å². The molecule has 1 saturated heterocycles. The summed E-state index contributed by atoms with van der Waals surface area (Å²) in [6.45, 7) is 11.0. The zero-order valence-corrected chi connectivity index (χ0v) is 11.7. The third-order valence-electron chi connectivity index (χ3n) is 3.58. The number of carbonyl (C=O) groups is 2. The molecule has 0 bridgehead atoms. The summed E-state index contributed by atoms with van der Waals surface area (Å²) in [4.78, 5) is 26.1. The monoisotopic (exact) mass is 252 g/mol. The van der Waals surface area contributed by atoms with Crippen LogP contribution in [0.25, 0.3) is 0 Å². The molecule has 18 heavy (non-hydrogen) atoms. The summed E-state index contributed by atoms with van der Waals surface area (Å²) in [5.74, 6) is 0.369. The van der Waals surface area contributed by atoms with Crippen LogP contribution in [0, 0.1) is 11.3 Å². The van der Waals surface area contributed by atoms with Crippen molar-refractivity contribution in [1.82, 2.24) is 10.2 Å². The number of hydrogen-bond acceptors (Lipinski definition) is 2. The summed E-state index contributed by atoms with van der Waals surface area (Å²) in [7, 11) is 0. The third-order valence-corrected chi connectivity index (χ3v) is 3.58. The van der Waals surface area contributed by atoms with Crippen LogP contribution in [-0.4, -0.2) is 36.3 Å². The van der Waals surface area contributed by atoms with Crippen LogP contribution in [0.1, 0.15) is 33.6 Å². The number of hydrogen-bond donors (Lipinski definition) is 1. The second-order valence-corrected chi connectivity index (χ2v) is 5.60. The van der Waals surface area contributed by atoms with Gasteiger partial charge in [-0.3, -0.25) is 9.59 Å². The molecule has 0 saturated carbocycles. The van der Waals surface area contributed by atoms with E-state index in [4.69, 9.17) is 0 Å². The molecular weight excluding hydrogens is 228 g/mol. The van der Waals surface area contributed by atoms with Crippen LogP contribution in [0.3, 0.4) is 0 Å². The van der Waals surface area contributed by atoms with E-state index in [0.29, 0.717) is 12.5 Å². The molecule has 0 atom stereocenters. The molecule has 1 aliphatic heterocycles. The molecule has 102 valence electrons. The van der Waals surface area contributed by atoms with Crippen molar-refractivity contribution in [2.45, 2.75) is 33.6 Å². The lowest BCUT2D eigenvalue weighted by atomic mass is 9.88. The van der Waals surface area contributed by atoms with Gasteiger partial charge < -0.3 is 10.2 Å². The molecule has 0 spiro atoms. The first kappa shape index (κ1) is 14.7. The van der Waals surface area contributed by atoms with Gasteiger partial charge in [0.1, 0.15) is 5.41 Å². The lowest BCUT2D eigenvalue weighted by Crippen LogP contribution is -2.51. The van der Waals surface area contributed by atoms with Crippen molar-refractivity contribution in [2.75, 3.05) is 19.6 Å². The molecule has 1 aliphatic rings. The highest BCUT2D eigenvalue weighted by molar-refractivity contribution is 6.04. The quantitative estimate of drug-likeness (QED) is 0.610. The zero-order valence-electron chi connectivity index (χ0n) is 11.7. The van der Waals surface area contributed by atoms with Crippen molar-refractivity contribution in [3.05, 3.63) is 12.7 Å². The Hall–Kier alpha value is -1.32. The summed E-state index contributed by atoms with van der Waals surface area (Å²) < 4.78 is 0. The number of piperidine rings is 1. The maximum absolute atomic E-state index is 12.4. The Labute approximate surface area is 109 Å². The van der Waals surface area contributed by atoms with Crippen molar-refractivity contribution in [2.24, 2.45) is 11.3 Å². The highest BCUT2D eigenvalue weighted by Gasteiger charge is 2.39. The van der Waals surface area contributed by atoms with E-state index >= 15 is 0 Å². The molecule has 0 unspecified atom stereocenters. The summed E-state index contributed by atoms with van der Waals surface area (Å²) in [6.07, 6.45) is 3.66. The highest BCUT2D eigenvalue weighted by atomic mass is 16.2. The molecule has 1 fully saturated rings. The minimum absolute atomic E-state index is 0.0732. The Balaban J connectivity index is 2.63. The molecule has 0 aromatic carbocycles. The first-order chi connectivity index (χ1) is 8.39. The smallest absolute Gasteiger partial charge is 0.237 e. The SMILES string of the molecule is C=CCNC(=O)C(C)(C)C(=O)N1CCC(C)CC1. The fourth-order valence-corrected chi connectivity index (χ4v) is 2.09. The second-order valence-electron chi connectivity index (χ2n) is 5.60. The average molecular weight is 252 g/mol. The van der Waals surface area contributed by atoms with Crippen molar-refractivity contribution < 1.29 is 9.59 Å². The lowest BCUT2D eigenvalue weighted by molar-refractivity contribution is -0.149. The van der Waals surface area contributed by atoms with Gasteiger partial charge in [-0.25, -0.2) is 0 Å². The number of carbonyl (C=O) groups excluding carboxylic acids is 2. The minimum Gasteiger partial charge on any atom is -0.352 e. The summed E-state index contributed by atoms with van der Waals surface area (Å²) in [5.41, 5.74) is -0.996.